The summed E-state index contributed by atoms with van der Waals surface area (Å²) in [4.78, 5) is 0. The highest BCUT2D eigenvalue weighted by molar-refractivity contribution is 6.22. The average molecular weight is 629 g/mol. The van der Waals surface area contributed by atoms with Crippen molar-refractivity contribution in [3.8, 4) is 55.6 Å². The van der Waals surface area contributed by atoms with E-state index in [1.165, 1.54) is 105 Å². The standard InChI is InChI=1S/C49H40/c1-31-32(2)34(4)47(35(5)33(31)3)42-28-29-45-46(30-42)49(41-26-22-39(23-27-41)37-16-10-7-11-17-37)44-19-13-12-18-43(44)48(45)40-24-20-38(21-25-40)36-14-8-6-9-15-36/h6-30H,1-5H3. The quantitative estimate of drug-likeness (QED) is 0.166. The molecule has 0 aliphatic rings. The molecule has 8 aromatic carbocycles. The Morgan fingerprint density at radius 3 is 1.02 bits per heavy atom. The van der Waals surface area contributed by atoms with Gasteiger partial charge in [0.2, 0.25) is 0 Å². The SMILES string of the molecule is Cc1c(C)c(C)c(-c2ccc3c(-c4ccc(-c5ccccc5)cc4)c4ccccc4c(-c4ccc(-c5ccccc5)cc4)c3c2)c(C)c1C. The normalized spacial score (nSPS) is 11.4. The molecule has 0 heterocycles. The Bertz CT molecular complexity index is 2450. The Kier molecular flexibility index (Phi) is 7.73. The molecule has 0 N–H and O–H groups in total. The van der Waals surface area contributed by atoms with Gasteiger partial charge < -0.3 is 0 Å². The molecule has 236 valence electrons. The molecular formula is C49H40. The minimum atomic E-state index is 1.23. The summed E-state index contributed by atoms with van der Waals surface area (Å²) >= 11 is 0. The Labute approximate surface area is 290 Å². The first-order valence-corrected chi connectivity index (χ1v) is 17.3. The monoisotopic (exact) mass is 628 g/mol. The van der Waals surface area contributed by atoms with Crippen LogP contribution in [0.5, 0.6) is 0 Å². The second-order valence-electron chi connectivity index (χ2n) is 13.4. The molecule has 0 amide bonds. The largest absolute Gasteiger partial charge is 0.0622 e. The van der Waals surface area contributed by atoms with E-state index in [-0.39, 0.29) is 0 Å². The van der Waals surface area contributed by atoms with Crippen molar-refractivity contribution in [3.63, 3.8) is 0 Å². The van der Waals surface area contributed by atoms with Gasteiger partial charge in [0.15, 0.2) is 0 Å². The van der Waals surface area contributed by atoms with E-state index in [1.807, 2.05) is 0 Å². The van der Waals surface area contributed by atoms with Crippen molar-refractivity contribution in [3.05, 3.63) is 179 Å². The van der Waals surface area contributed by atoms with Crippen LogP contribution in [0.3, 0.4) is 0 Å². The van der Waals surface area contributed by atoms with E-state index in [9.17, 15) is 0 Å². The molecule has 8 aromatic rings. The molecule has 0 spiro atoms. The van der Waals surface area contributed by atoms with Gasteiger partial charge in [0.25, 0.3) is 0 Å². The van der Waals surface area contributed by atoms with E-state index in [0.29, 0.717) is 0 Å². The highest BCUT2D eigenvalue weighted by atomic mass is 14.2. The van der Waals surface area contributed by atoms with Gasteiger partial charge in [0, 0.05) is 0 Å². The fourth-order valence-corrected chi connectivity index (χ4v) is 7.81. The molecule has 0 saturated carbocycles. The molecular weight excluding hydrogens is 589 g/mol. The van der Waals surface area contributed by atoms with Gasteiger partial charge in [-0.3, -0.25) is 0 Å². The second-order valence-corrected chi connectivity index (χ2v) is 13.4. The Balaban J connectivity index is 1.42. The molecule has 8 rings (SSSR count). The van der Waals surface area contributed by atoms with Crippen molar-refractivity contribution < 1.29 is 0 Å². The lowest BCUT2D eigenvalue weighted by Gasteiger charge is -2.22. The van der Waals surface area contributed by atoms with Gasteiger partial charge in [-0.25, -0.2) is 0 Å². The molecule has 0 atom stereocenters. The molecule has 0 radical (unpaired) electrons. The summed E-state index contributed by atoms with van der Waals surface area (Å²) in [6.07, 6.45) is 0. The van der Waals surface area contributed by atoms with Crippen molar-refractivity contribution in [2.75, 3.05) is 0 Å². The molecule has 0 fully saturated rings. The van der Waals surface area contributed by atoms with Crippen molar-refractivity contribution in [1.82, 2.24) is 0 Å². The summed E-state index contributed by atoms with van der Waals surface area (Å²) in [6.45, 7) is 11.4. The van der Waals surface area contributed by atoms with Gasteiger partial charge in [-0.05, 0) is 146 Å². The highest BCUT2D eigenvalue weighted by Crippen LogP contribution is 2.46. The van der Waals surface area contributed by atoms with Crippen LogP contribution in [0, 0.1) is 34.6 Å². The van der Waals surface area contributed by atoms with Crippen molar-refractivity contribution in [2.24, 2.45) is 0 Å². The van der Waals surface area contributed by atoms with Crippen LogP contribution in [0.4, 0.5) is 0 Å². The molecule has 0 nitrogen and oxygen atoms in total. The predicted molar refractivity (Wildman–Crippen MR) is 212 cm³/mol. The third-order valence-electron chi connectivity index (χ3n) is 10.9. The van der Waals surface area contributed by atoms with E-state index in [1.54, 1.807) is 0 Å². The van der Waals surface area contributed by atoms with Gasteiger partial charge in [0.1, 0.15) is 0 Å². The highest BCUT2D eigenvalue weighted by Gasteiger charge is 2.20. The van der Waals surface area contributed by atoms with Crippen molar-refractivity contribution in [2.45, 2.75) is 34.6 Å². The third kappa shape index (κ3) is 5.25. The van der Waals surface area contributed by atoms with Crippen LogP contribution in [0.25, 0.3) is 77.2 Å². The number of fused-ring (bicyclic) bond motifs is 2. The number of hydrogen-bond acceptors (Lipinski definition) is 0. The first kappa shape index (κ1) is 30.6. The van der Waals surface area contributed by atoms with E-state index < -0.39 is 0 Å². The fraction of sp³-hybridized carbons (Fsp3) is 0.102. The zero-order valence-electron chi connectivity index (χ0n) is 28.9. The van der Waals surface area contributed by atoms with Crippen LogP contribution in [-0.2, 0) is 0 Å². The molecule has 0 aliphatic carbocycles. The number of rotatable bonds is 5. The molecule has 49 heavy (non-hydrogen) atoms. The van der Waals surface area contributed by atoms with Crippen LogP contribution in [-0.4, -0.2) is 0 Å². The molecule has 0 heteroatoms. The van der Waals surface area contributed by atoms with Gasteiger partial charge >= 0.3 is 0 Å². The van der Waals surface area contributed by atoms with Gasteiger partial charge in [-0.2, -0.15) is 0 Å². The maximum atomic E-state index is 2.47. The lowest BCUT2D eigenvalue weighted by Crippen LogP contribution is -2.00. The summed E-state index contributed by atoms with van der Waals surface area (Å²) < 4.78 is 0. The van der Waals surface area contributed by atoms with Gasteiger partial charge in [-0.15, -0.1) is 0 Å². The van der Waals surface area contributed by atoms with Crippen LogP contribution in [0.1, 0.15) is 27.8 Å². The molecule has 0 saturated heterocycles. The summed E-state index contributed by atoms with van der Waals surface area (Å²) in [5.74, 6) is 0. The molecule has 0 unspecified atom stereocenters. The zero-order valence-corrected chi connectivity index (χ0v) is 28.9. The summed E-state index contributed by atoms with van der Waals surface area (Å²) in [6, 6.07) is 55.7. The van der Waals surface area contributed by atoms with Crippen molar-refractivity contribution >= 4 is 21.5 Å². The third-order valence-corrected chi connectivity index (χ3v) is 10.9. The molecule has 0 aromatic heterocycles. The van der Waals surface area contributed by atoms with Crippen LogP contribution >= 0.6 is 0 Å². The minimum absolute atomic E-state index is 1.23. The smallest absolute Gasteiger partial charge is 0.00261 e. The van der Waals surface area contributed by atoms with Gasteiger partial charge in [-0.1, -0.05) is 146 Å². The Hall–Kier alpha value is -5.72. The van der Waals surface area contributed by atoms with E-state index in [4.69, 9.17) is 0 Å². The lowest BCUT2D eigenvalue weighted by atomic mass is 9.82. The molecule has 0 aliphatic heterocycles. The van der Waals surface area contributed by atoms with E-state index in [0.717, 1.165) is 0 Å². The Morgan fingerprint density at radius 2 is 0.551 bits per heavy atom. The topological polar surface area (TPSA) is 0 Å². The average Bonchev–Trinajstić information content (AvgIpc) is 3.16. The first-order chi connectivity index (χ1) is 23.9. The summed E-state index contributed by atoms with van der Waals surface area (Å²) in [5, 5.41) is 5.09. The number of benzene rings is 8. The van der Waals surface area contributed by atoms with Crippen LogP contribution in [0.15, 0.2) is 152 Å². The predicted octanol–water partition coefficient (Wildman–Crippen LogP) is 13.9. The van der Waals surface area contributed by atoms with Gasteiger partial charge in [0.05, 0.1) is 0 Å². The van der Waals surface area contributed by atoms with E-state index >= 15 is 0 Å². The lowest BCUT2D eigenvalue weighted by molar-refractivity contribution is 1.18. The number of hydrogen-bond donors (Lipinski definition) is 0. The minimum Gasteiger partial charge on any atom is -0.0622 e. The maximum Gasteiger partial charge on any atom is -0.00261 e. The first-order valence-electron chi connectivity index (χ1n) is 17.3. The fourth-order valence-electron chi connectivity index (χ4n) is 7.81. The van der Waals surface area contributed by atoms with Crippen LogP contribution < -0.4 is 0 Å². The zero-order chi connectivity index (χ0) is 33.6. The second kappa shape index (κ2) is 12.4. The Morgan fingerprint density at radius 1 is 0.224 bits per heavy atom. The molecule has 0 bridgehead atoms. The van der Waals surface area contributed by atoms with Crippen molar-refractivity contribution in [1.29, 1.82) is 0 Å². The maximum absolute atomic E-state index is 2.47. The summed E-state index contributed by atoms with van der Waals surface area (Å²) in [7, 11) is 0. The van der Waals surface area contributed by atoms with E-state index in [2.05, 4.69) is 186 Å². The van der Waals surface area contributed by atoms with Crippen LogP contribution in [0.2, 0.25) is 0 Å². The summed E-state index contributed by atoms with van der Waals surface area (Å²) in [5.41, 5.74) is 19.5.